The second-order valence-electron chi connectivity index (χ2n) is 7.19. The van der Waals surface area contributed by atoms with Gasteiger partial charge in [-0.05, 0) is 32.8 Å². The zero-order chi connectivity index (χ0) is 21.0. The molecule has 0 saturated heterocycles. The van der Waals surface area contributed by atoms with E-state index in [1.165, 1.54) is 4.31 Å². The number of hydrogen-bond acceptors (Lipinski definition) is 4. The van der Waals surface area contributed by atoms with Gasteiger partial charge in [0.15, 0.2) is 0 Å². The molecule has 0 spiro atoms. The quantitative estimate of drug-likeness (QED) is 0.536. The molecule has 0 saturated carbocycles. The van der Waals surface area contributed by atoms with Gasteiger partial charge in [0.25, 0.3) is 0 Å². The zero-order valence-corrected chi connectivity index (χ0v) is 18.4. The van der Waals surface area contributed by atoms with E-state index in [0.29, 0.717) is 22.8 Å². The third-order valence-corrected chi connectivity index (χ3v) is 6.96. The van der Waals surface area contributed by atoms with Crippen molar-refractivity contribution < 1.29 is 8.42 Å². The molecule has 156 valence electrons. The molecule has 0 aliphatic carbocycles. The first-order valence-electron chi connectivity index (χ1n) is 9.96. The number of aryl methyl sites for hydroxylation is 3. The smallest absolute Gasteiger partial charge is 0.247 e. The van der Waals surface area contributed by atoms with Crippen molar-refractivity contribution in [2.24, 2.45) is 0 Å². The predicted molar refractivity (Wildman–Crippen MR) is 113 cm³/mol. The third kappa shape index (κ3) is 4.59. The SMILES string of the molecule is CCCn1nc(C)c(S(=O)(=O)N(Cc2ccccc2)Cc2cnn(CC)c2)c1C. The van der Waals surface area contributed by atoms with Crippen LogP contribution in [0.1, 0.15) is 42.8 Å². The summed E-state index contributed by atoms with van der Waals surface area (Å²) in [5.41, 5.74) is 3.03. The lowest BCUT2D eigenvalue weighted by Gasteiger charge is -2.22. The third-order valence-electron chi connectivity index (χ3n) is 4.92. The minimum Gasteiger partial charge on any atom is -0.273 e. The Morgan fingerprint density at radius 3 is 2.34 bits per heavy atom. The highest BCUT2D eigenvalue weighted by Crippen LogP contribution is 2.26. The van der Waals surface area contributed by atoms with Gasteiger partial charge in [-0.1, -0.05) is 37.3 Å². The van der Waals surface area contributed by atoms with E-state index >= 15 is 0 Å². The average Bonchev–Trinajstić information content (AvgIpc) is 3.26. The highest BCUT2D eigenvalue weighted by atomic mass is 32.2. The summed E-state index contributed by atoms with van der Waals surface area (Å²) in [5, 5.41) is 8.77. The summed E-state index contributed by atoms with van der Waals surface area (Å²) < 4.78 is 32.6. The zero-order valence-electron chi connectivity index (χ0n) is 17.5. The molecule has 3 rings (SSSR count). The van der Waals surface area contributed by atoms with Crippen LogP contribution in [0.4, 0.5) is 0 Å². The molecular weight excluding hydrogens is 386 g/mol. The van der Waals surface area contributed by atoms with E-state index in [4.69, 9.17) is 0 Å². The van der Waals surface area contributed by atoms with E-state index in [-0.39, 0.29) is 13.1 Å². The molecule has 2 aromatic heterocycles. The molecule has 2 heterocycles. The fraction of sp³-hybridized carbons (Fsp3) is 0.429. The van der Waals surface area contributed by atoms with Crippen LogP contribution in [-0.2, 0) is 36.2 Å². The normalized spacial score (nSPS) is 12.0. The molecule has 0 bridgehead atoms. The Morgan fingerprint density at radius 1 is 1.03 bits per heavy atom. The highest BCUT2D eigenvalue weighted by molar-refractivity contribution is 7.89. The summed E-state index contributed by atoms with van der Waals surface area (Å²) >= 11 is 0. The minimum atomic E-state index is -3.74. The maximum Gasteiger partial charge on any atom is 0.247 e. The predicted octanol–water partition coefficient (Wildman–Crippen LogP) is 3.52. The van der Waals surface area contributed by atoms with Crippen molar-refractivity contribution in [3.8, 4) is 0 Å². The van der Waals surface area contributed by atoms with Crippen LogP contribution in [0, 0.1) is 13.8 Å². The van der Waals surface area contributed by atoms with Crippen LogP contribution < -0.4 is 0 Å². The second-order valence-corrected chi connectivity index (χ2v) is 9.06. The van der Waals surface area contributed by atoms with Crippen molar-refractivity contribution in [1.82, 2.24) is 23.9 Å². The minimum absolute atomic E-state index is 0.259. The first kappa shape index (κ1) is 21.3. The van der Waals surface area contributed by atoms with Crippen LogP contribution in [0.3, 0.4) is 0 Å². The monoisotopic (exact) mass is 415 g/mol. The van der Waals surface area contributed by atoms with Crippen molar-refractivity contribution in [1.29, 1.82) is 0 Å². The van der Waals surface area contributed by atoms with Crippen LogP contribution in [0.15, 0.2) is 47.6 Å². The van der Waals surface area contributed by atoms with Gasteiger partial charge in [-0.15, -0.1) is 0 Å². The Hall–Kier alpha value is -2.45. The molecule has 29 heavy (non-hydrogen) atoms. The van der Waals surface area contributed by atoms with Crippen LogP contribution in [0.2, 0.25) is 0 Å². The lowest BCUT2D eigenvalue weighted by molar-refractivity contribution is 0.400. The average molecular weight is 416 g/mol. The molecule has 0 aliphatic heterocycles. The number of sulfonamides is 1. The van der Waals surface area contributed by atoms with Gasteiger partial charge in [-0.2, -0.15) is 14.5 Å². The summed E-state index contributed by atoms with van der Waals surface area (Å²) in [6.07, 6.45) is 4.52. The Balaban J connectivity index is 2.01. The topological polar surface area (TPSA) is 73.0 Å². The van der Waals surface area contributed by atoms with Gasteiger partial charge >= 0.3 is 0 Å². The van der Waals surface area contributed by atoms with Crippen molar-refractivity contribution in [2.75, 3.05) is 0 Å². The molecular formula is C21H29N5O2S. The molecule has 0 atom stereocenters. The van der Waals surface area contributed by atoms with Crippen molar-refractivity contribution in [3.05, 3.63) is 65.2 Å². The summed E-state index contributed by atoms with van der Waals surface area (Å²) in [5.74, 6) is 0. The fourth-order valence-electron chi connectivity index (χ4n) is 3.49. The number of nitrogens with zero attached hydrogens (tertiary/aromatic N) is 5. The van der Waals surface area contributed by atoms with Gasteiger partial charge in [-0.3, -0.25) is 9.36 Å². The molecule has 0 fully saturated rings. The molecule has 0 N–H and O–H groups in total. The van der Waals surface area contributed by atoms with E-state index in [0.717, 1.165) is 24.1 Å². The Morgan fingerprint density at radius 2 is 1.72 bits per heavy atom. The molecule has 7 nitrogen and oxygen atoms in total. The van der Waals surface area contributed by atoms with Crippen LogP contribution >= 0.6 is 0 Å². The van der Waals surface area contributed by atoms with Gasteiger partial charge in [0.2, 0.25) is 10.0 Å². The van der Waals surface area contributed by atoms with E-state index < -0.39 is 10.0 Å². The molecule has 0 aliphatic rings. The number of aromatic nitrogens is 4. The maximum absolute atomic E-state index is 13.7. The first-order chi connectivity index (χ1) is 13.9. The van der Waals surface area contributed by atoms with E-state index in [1.807, 2.05) is 50.4 Å². The van der Waals surface area contributed by atoms with Crippen molar-refractivity contribution in [2.45, 2.75) is 65.2 Å². The molecule has 8 heteroatoms. The fourth-order valence-corrected chi connectivity index (χ4v) is 5.28. The van der Waals surface area contributed by atoms with Crippen molar-refractivity contribution >= 4 is 10.0 Å². The Bertz CT molecular complexity index is 1050. The summed E-state index contributed by atoms with van der Waals surface area (Å²) in [6, 6.07) is 9.66. The van der Waals surface area contributed by atoms with E-state index in [2.05, 4.69) is 17.1 Å². The molecule has 0 unspecified atom stereocenters. The summed E-state index contributed by atoms with van der Waals surface area (Å²) in [6.45, 7) is 9.65. The number of benzene rings is 1. The Kier molecular flexibility index (Phi) is 6.54. The van der Waals surface area contributed by atoms with E-state index in [1.54, 1.807) is 22.5 Å². The van der Waals surface area contributed by atoms with Crippen LogP contribution in [0.25, 0.3) is 0 Å². The van der Waals surface area contributed by atoms with Gasteiger partial charge in [0.1, 0.15) is 4.90 Å². The number of hydrogen-bond donors (Lipinski definition) is 0. The maximum atomic E-state index is 13.7. The van der Waals surface area contributed by atoms with Crippen molar-refractivity contribution in [3.63, 3.8) is 0 Å². The Labute approximate surface area is 173 Å². The largest absolute Gasteiger partial charge is 0.273 e. The standard InChI is InChI=1S/C21H29N5O2S/c1-5-12-26-18(4)21(17(3)23-26)29(27,28)25(15-19-10-8-7-9-11-19)16-20-13-22-24(6-2)14-20/h7-11,13-14H,5-6,12,15-16H2,1-4H3. The summed E-state index contributed by atoms with van der Waals surface area (Å²) in [7, 11) is -3.74. The van der Waals surface area contributed by atoms with Gasteiger partial charge < -0.3 is 0 Å². The van der Waals surface area contributed by atoms with Gasteiger partial charge in [-0.25, -0.2) is 8.42 Å². The van der Waals surface area contributed by atoms with Crippen LogP contribution in [0.5, 0.6) is 0 Å². The lowest BCUT2D eigenvalue weighted by atomic mass is 10.2. The van der Waals surface area contributed by atoms with Gasteiger partial charge in [0.05, 0.1) is 17.6 Å². The van der Waals surface area contributed by atoms with Gasteiger partial charge in [0, 0.05) is 37.9 Å². The summed E-state index contributed by atoms with van der Waals surface area (Å²) in [4.78, 5) is 0.310. The molecule has 0 amide bonds. The molecule has 3 aromatic rings. The lowest BCUT2D eigenvalue weighted by Crippen LogP contribution is -2.31. The molecule has 1 aromatic carbocycles. The first-order valence-corrected chi connectivity index (χ1v) is 11.4. The second kappa shape index (κ2) is 8.92. The van der Waals surface area contributed by atoms with E-state index in [9.17, 15) is 8.42 Å². The highest BCUT2D eigenvalue weighted by Gasteiger charge is 2.31. The van der Waals surface area contributed by atoms with Crippen LogP contribution in [-0.4, -0.2) is 32.3 Å². The molecule has 0 radical (unpaired) electrons. The number of rotatable bonds is 9.